The standard InChI is InChI=1S/C17H19FN6O/c1-3-12(2)24-16(7-8-19-24)20-17(25)15-11-23(22-21-15)10-13-5-4-6-14(18)9-13/h4-9,11-12H,3,10H2,1-2H3,(H,20,25). The lowest BCUT2D eigenvalue weighted by Crippen LogP contribution is -2.17. The molecular weight excluding hydrogens is 323 g/mol. The average molecular weight is 342 g/mol. The van der Waals surface area contributed by atoms with Gasteiger partial charge in [-0.3, -0.25) is 4.79 Å². The molecule has 1 unspecified atom stereocenters. The minimum Gasteiger partial charge on any atom is -0.305 e. The molecule has 0 saturated heterocycles. The lowest BCUT2D eigenvalue weighted by atomic mass is 10.2. The molecular formula is C17H19FN6O. The number of rotatable bonds is 6. The Labute approximate surface area is 144 Å². The molecule has 3 aromatic rings. The molecule has 1 atom stereocenters. The van der Waals surface area contributed by atoms with Gasteiger partial charge in [0.25, 0.3) is 5.91 Å². The number of nitrogens with one attached hydrogen (secondary N) is 1. The molecule has 130 valence electrons. The fraction of sp³-hybridized carbons (Fsp3) is 0.294. The number of hydrogen-bond acceptors (Lipinski definition) is 4. The van der Waals surface area contributed by atoms with Crippen molar-refractivity contribution in [1.82, 2.24) is 24.8 Å². The number of benzene rings is 1. The van der Waals surface area contributed by atoms with Crippen molar-refractivity contribution in [3.63, 3.8) is 0 Å². The van der Waals surface area contributed by atoms with Gasteiger partial charge in [-0.1, -0.05) is 24.3 Å². The first kappa shape index (κ1) is 16.8. The van der Waals surface area contributed by atoms with E-state index in [0.717, 1.165) is 12.0 Å². The molecule has 0 saturated carbocycles. The van der Waals surface area contributed by atoms with Crippen molar-refractivity contribution < 1.29 is 9.18 Å². The van der Waals surface area contributed by atoms with Gasteiger partial charge in [-0.25, -0.2) is 13.8 Å². The number of nitrogens with zero attached hydrogens (tertiary/aromatic N) is 5. The van der Waals surface area contributed by atoms with Crippen LogP contribution in [0.15, 0.2) is 42.7 Å². The van der Waals surface area contributed by atoms with Crippen molar-refractivity contribution in [2.24, 2.45) is 0 Å². The third kappa shape index (κ3) is 3.90. The SMILES string of the molecule is CCC(C)n1nccc1NC(=O)c1cn(Cc2cccc(F)c2)nn1. The van der Waals surface area contributed by atoms with Crippen molar-refractivity contribution >= 4 is 11.7 Å². The topological polar surface area (TPSA) is 77.6 Å². The van der Waals surface area contributed by atoms with Gasteiger partial charge >= 0.3 is 0 Å². The quantitative estimate of drug-likeness (QED) is 0.747. The van der Waals surface area contributed by atoms with E-state index in [1.54, 1.807) is 29.1 Å². The summed E-state index contributed by atoms with van der Waals surface area (Å²) in [4.78, 5) is 12.4. The molecule has 0 bridgehead atoms. The smallest absolute Gasteiger partial charge is 0.278 e. The lowest BCUT2D eigenvalue weighted by Gasteiger charge is -2.13. The number of carbonyl (C=O) groups is 1. The second-order valence-electron chi connectivity index (χ2n) is 5.80. The van der Waals surface area contributed by atoms with E-state index in [9.17, 15) is 9.18 Å². The van der Waals surface area contributed by atoms with Crippen molar-refractivity contribution in [3.05, 3.63) is 59.8 Å². The maximum atomic E-state index is 13.2. The van der Waals surface area contributed by atoms with E-state index < -0.39 is 0 Å². The van der Waals surface area contributed by atoms with Gasteiger partial charge in [0, 0.05) is 6.07 Å². The van der Waals surface area contributed by atoms with E-state index in [4.69, 9.17) is 0 Å². The van der Waals surface area contributed by atoms with Crippen LogP contribution in [0.25, 0.3) is 0 Å². The fourth-order valence-electron chi connectivity index (χ4n) is 2.42. The molecule has 0 aliphatic carbocycles. The highest BCUT2D eigenvalue weighted by molar-refractivity contribution is 6.02. The molecule has 0 fully saturated rings. The van der Waals surface area contributed by atoms with Crippen molar-refractivity contribution in [2.75, 3.05) is 5.32 Å². The summed E-state index contributed by atoms with van der Waals surface area (Å²) in [6.07, 6.45) is 4.07. The van der Waals surface area contributed by atoms with Gasteiger partial charge in [0.1, 0.15) is 11.6 Å². The van der Waals surface area contributed by atoms with Gasteiger partial charge < -0.3 is 5.32 Å². The summed E-state index contributed by atoms with van der Waals surface area (Å²) in [5.74, 6) is -0.0662. The number of anilines is 1. The summed E-state index contributed by atoms with van der Waals surface area (Å²) < 4.78 is 16.5. The molecule has 0 radical (unpaired) electrons. The van der Waals surface area contributed by atoms with Gasteiger partial charge in [-0.15, -0.1) is 5.10 Å². The Morgan fingerprint density at radius 2 is 2.20 bits per heavy atom. The first-order valence-electron chi connectivity index (χ1n) is 8.06. The van der Waals surface area contributed by atoms with E-state index in [0.29, 0.717) is 12.4 Å². The highest BCUT2D eigenvalue weighted by atomic mass is 19.1. The first-order chi connectivity index (χ1) is 12.1. The third-order valence-corrected chi connectivity index (χ3v) is 3.93. The molecule has 1 aromatic carbocycles. The van der Waals surface area contributed by atoms with Crippen molar-refractivity contribution in [2.45, 2.75) is 32.9 Å². The predicted octanol–water partition coefficient (Wildman–Crippen LogP) is 2.89. The fourth-order valence-corrected chi connectivity index (χ4v) is 2.42. The summed E-state index contributed by atoms with van der Waals surface area (Å²) in [5, 5.41) is 14.8. The van der Waals surface area contributed by atoms with E-state index in [2.05, 4.69) is 27.7 Å². The van der Waals surface area contributed by atoms with Crippen LogP contribution in [0.1, 0.15) is 42.4 Å². The number of aromatic nitrogens is 5. The maximum absolute atomic E-state index is 13.2. The molecule has 3 rings (SSSR count). The summed E-state index contributed by atoms with van der Waals surface area (Å²) >= 11 is 0. The third-order valence-electron chi connectivity index (χ3n) is 3.93. The van der Waals surface area contributed by atoms with Crippen LogP contribution in [0.3, 0.4) is 0 Å². The van der Waals surface area contributed by atoms with Crippen LogP contribution in [0.2, 0.25) is 0 Å². The van der Waals surface area contributed by atoms with E-state index in [1.807, 2.05) is 6.92 Å². The van der Waals surface area contributed by atoms with Gasteiger partial charge in [-0.2, -0.15) is 5.10 Å². The summed E-state index contributed by atoms with van der Waals surface area (Å²) in [6, 6.07) is 8.13. The van der Waals surface area contributed by atoms with Crippen molar-refractivity contribution in [1.29, 1.82) is 0 Å². The van der Waals surface area contributed by atoms with Crippen LogP contribution in [0.4, 0.5) is 10.2 Å². The molecule has 2 aromatic heterocycles. The molecule has 0 aliphatic heterocycles. The Morgan fingerprint density at radius 3 is 2.96 bits per heavy atom. The van der Waals surface area contributed by atoms with Crippen LogP contribution in [-0.2, 0) is 6.54 Å². The average Bonchev–Trinajstić information content (AvgIpc) is 3.23. The second kappa shape index (κ2) is 7.25. The number of halogens is 1. The van der Waals surface area contributed by atoms with Gasteiger partial charge in [0.15, 0.2) is 5.69 Å². The predicted molar refractivity (Wildman–Crippen MR) is 90.7 cm³/mol. The van der Waals surface area contributed by atoms with Crippen LogP contribution in [0.5, 0.6) is 0 Å². The van der Waals surface area contributed by atoms with Crippen molar-refractivity contribution in [3.8, 4) is 0 Å². The van der Waals surface area contributed by atoms with Crippen LogP contribution < -0.4 is 5.32 Å². The highest BCUT2D eigenvalue weighted by Gasteiger charge is 2.15. The lowest BCUT2D eigenvalue weighted by molar-refractivity contribution is 0.102. The van der Waals surface area contributed by atoms with E-state index in [1.165, 1.54) is 23.0 Å². The Bertz CT molecular complexity index is 871. The molecule has 0 aliphatic rings. The van der Waals surface area contributed by atoms with Gasteiger partial charge in [0.2, 0.25) is 0 Å². The van der Waals surface area contributed by atoms with E-state index >= 15 is 0 Å². The molecule has 1 amide bonds. The number of hydrogen-bond donors (Lipinski definition) is 1. The Kier molecular flexibility index (Phi) is 4.87. The molecule has 25 heavy (non-hydrogen) atoms. The molecule has 0 spiro atoms. The Morgan fingerprint density at radius 1 is 1.36 bits per heavy atom. The minimum absolute atomic E-state index is 0.175. The van der Waals surface area contributed by atoms with Crippen LogP contribution in [-0.4, -0.2) is 30.7 Å². The van der Waals surface area contributed by atoms with Gasteiger partial charge in [-0.05, 0) is 31.0 Å². The Balaban J connectivity index is 1.70. The monoisotopic (exact) mass is 342 g/mol. The molecule has 7 nitrogen and oxygen atoms in total. The minimum atomic E-state index is -0.365. The zero-order valence-electron chi connectivity index (χ0n) is 14.1. The summed E-state index contributed by atoms with van der Waals surface area (Å²) in [7, 11) is 0. The summed E-state index contributed by atoms with van der Waals surface area (Å²) in [5.41, 5.74) is 0.931. The first-order valence-corrected chi connectivity index (χ1v) is 8.06. The highest BCUT2D eigenvalue weighted by Crippen LogP contribution is 2.17. The van der Waals surface area contributed by atoms with E-state index in [-0.39, 0.29) is 23.5 Å². The largest absolute Gasteiger partial charge is 0.305 e. The van der Waals surface area contributed by atoms with Gasteiger partial charge in [0.05, 0.1) is 25.0 Å². The molecule has 8 heteroatoms. The Hall–Kier alpha value is -3.03. The second-order valence-corrected chi connectivity index (χ2v) is 5.80. The van der Waals surface area contributed by atoms with Crippen LogP contribution in [0, 0.1) is 5.82 Å². The number of carbonyl (C=O) groups excluding carboxylic acids is 1. The molecule has 1 N–H and O–H groups in total. The zero-order valence-corrected chi connectivity index (χ0v) is 14.1. The number of amides is 1. The normalized spacial score (nSPS) is 12.1. The molecule has 2 heterocycles. The zero-order chi connectivity index (χ0) is 17.8. The van der Waals surface area contributed by atoms with Crippen LogP contribution >= 0.6 is 0 Å². The summed E-state index contributed by atoms with van der Waals surface area (Å²) in [6.45, 7) is 4.41. The maximum Gasteiger partial charge on any atom is 0.278 e.